The molecule has 15 heavy (non-hydrogen) atoms. The Kier molecular flexibility index (Phi) is 4.72. The van der Waals surface area contributed by atoms with Crippen molar-refractivity contribution in [1.29, 1.82) is 0 Å². The third kappa shape index (κ3) is 3.57. The first kappa shape index (κ1) is 12.6. The molecule has 0 saturated carbocycles. The van der Waals surface area contributed by atoms with Gasteiger partial charge in [-0.2, -0.15) is 8.78 Å². The van der Waals surface area contributed by atoms with Gasteiger partial charge in [-0.25, -0.2) is 4.39 Å². The molecule has 1 aromatic rings. The second-order valence-electron chi connectivity index (χ2n) is 2.35. The summed E-state index contributed by atoms with van der Waals surface area (Å²) in [6, 6.07) is 2.67. The van der Waals surface area contributed by atoms with Gasteiger partial charge in [0.15, 0.2) is 5.75 Å². The van der Waals surface area contributed by atoms with Gasteiger partial charge in [0.25, 0.3) is 0 Å². The van der Waals surface area contributed by atoms with Crippen molar-refractivity contribution in [2.75, 3.05) is 6.86 Å². The van der Waals surface area contributed by atoms with Crippen molar-refractivity contribution in [2.24, 2.45) is 0 Å². The first-order valence-electron chi connectivity index (χ1n) is 3.67. The number of halogens is 5. The molecule has 2 nitrogen and oxygen atoms in total. The van der Waals surface area contributed by atoms with Crippen molar-refractivity contribution in [3.05, 3.63) is 21.1 Å². The number of benzene rings is 1. The lowest BCUT2D eigenvalue weighted by molar-refractivity contribution is -0.0509. The maximum atomic E-state index is 12.0. The highest BCUT2D eigenvalue weighted by Crippen LogP contribution is 2.38. The molecule has 0 radical (unpaired) electrons. The maximum absolute atomic E-state index is 12.0. The number of hydrogen-bond donors (Lipinski definition) is 0. The number of rotatable bonds is 4. The van der Waals surface area contributed by atoms with E-state index in [4.69, 9.17) is 0 Å². The quantitative estimate of drug-likeness (QED) is 0.814. The second kappa shape index (κ2) is 5.60. The minimum atomic E-state index is -2.93. The Morgan fingerprint density at radius 3 is 2.13 bits per heavy atom. The minimum absolute atomic E-state index is 0.0591. The highest BCUT2D eigenvalue weighted by Gasteiger charge is 2.14. The third-order valence-corrected chi connectivity index (χ3v) is 2.58. The number of alkyl halides is 3. The molecule has 0 unspecified atom stereocenters. The van der Waals surface area contributed by atoms with E-state index >= 15 is 0 Å². The molecular formula is C8H5Br2F3O2. The largest absolute Gasteiger partial charge is 0.463 e. The van der Waals surface area contributed by atoms with Crippen LogP contribution in [0.15, 0.2) is 21.1 Å². The van der Waals surface area contributed by atoms with Crippen LogP contribution in [0.4, 0.5) is 13.2 Å². The average molecular weight is 350 g/mol. The van der Waals surface area contributed by atoms with E-state index in [1.165, 1.54) is 12.1 Å². The van der Waals surface area contributed by atoms with Gasteiger partial charge in [0.1, 0.15) is 5.75 Å². The van der Waals surface area contributed by atoms with E-state index in [1.54, 1.807) is 0 Å². The Morgan fingerprint density at radius 1 is 1.20 bits per heavy atom. The molecular weight excluding hydrogens is 345 g/mol. The van der Waals surface area contributed by atoms with Crippen LogP contribution in [-0.2, 0) is 0 Å². The van der Waals surface area contributed by atoms with E-state index in [2.05, 4.69) is 41.3 Å². The topological polar surface area (TPSA) is 18.5 Å². The highest BCUT2D eigenvalue weighted by atomic mass is 79.9. The summed E-state index contributed by atoms with van der Waals surface area (Å²) in [5.41, 5.74) is 0. The SMILES string of the molecule is FCOc1cc(Br)c(OC(F)F)c(Br)c1. The van der Waals surface area contributed by atoms with Crippen molar-refractivity contribution in [2.45, 2.75) is 6.61 Å². The maximum Gasteiger partial charge on any atom is 0.387 e. The van der Waals surface area contributed by atoms with Gasteiger partial charge in [0.05, 0.1) is 8.95 Å². The van der Waals surface area contributed by atoms with Gasteiger partial charge in [0, 0.05) is 0 Å². The summed E-state index contributed by atoms with van der Waals surface area (Å²) in [5.74, 6) is 0.147. The molecule has 0 bridgehead atoms. The van der Waals surface area contributed by atoms with E-state index in [0.29, 0.717) is 0 Å². The number of ether oxygens (including phenoxy) is 2. The van der Waals surface area contributed by atoms with E-state index < -0.39 is 13.5 Å². The fraction of sp³-hybridized carbons (Fsp3) is 0.250. The molecule has 1 rings (SSSR count). The van der Waals surface area contributed by atoms with Crippen LogP contribution in [-0.4, -0.2) is 13.5 Å². The van der Waals surface area contributed by atoms with Crippen molar-refractivity contribution in [1.82, 2.24) is 0 Å². The molecule has 7 heteroatoms. The Balaban J connectivity index is 2.98. The highest BCUT2D eigenvalue weighted by molar-refractivity contribution is 9.11. The van der Waals surface area contributed by atoms with Gasteiger partial charge in [-0.1, -0.05) is 0 Å². The fourth-order valence-electron chi connectivity index (χ4n) is 0.885. The van der Waals surface area contributed by atoms with Crippen molar-refractivity contribution in [3.8, 4) is 11.5 Å². The van der Waals surface area contributed by atoms with Crippen LogP contribution in [0.1, 0.15) is 0 Å². The predicted molar refractivity (Wildman–Crippen MR) is 55.1 cm³/mol. The fourth-order valence-corrected chi connectivity index (χ4v) is 2.22. The molecule has 0 N–H and O–H groups in total. The van der Waals surface area contributed by atoms with Gasteiger partial charge in [-0.05, 0) is 44.0 Å². The van der Waals surface area contributed by atoms with Crippen LogP contribution < -0.4 is 9.47 Å². The minimum Gasteiger partial charge on any atom is -0.463 e. The summed E-state index contributed by atoms with van der Waals surface area (Å²) in [6.07, 6.45) is 0. The lowest BCUT2D eigenvalue weighted by Gasteiger charge is -2.10. The van der Waals surface area contributed by atoms with Gasteiger partial charge in [-0.15, -0.1) is 0 Å². The molecule has 0 saturated heterocycles. The lowest BCUT2D eigenvalue weighted by Crippen LogP contribution is -2.03. The summed E-state index contributed by atoms with van der Waals surface area (Å²) < 4.78 is 45.1. The van der Waals surface area contributed by atoms with Crippen LogP contribution >= 0.6 is 31.9 Å². The van der Waals surface area contributed by atoms with E-state index in [9.17, 15) is 13.2 Å². The van der Waals surface area contributed by atoms with Gasteiger partial charge in [-0.3, -0.25) is 0 Å². The Labute approximate surface area is 101 Å². The van der Waals surface area contributed by atoms with E-state index in [0.717, 1.165) is 0 Å². The third-order valence-electron chi connectivity index (χ3n) is 1.40. The summed E-state index contributed by atoms with van der Waals surface area (Å²) in [7, 11) is 0. The monoisotopic (exact) mass is 348 g/mol. The van der Waals surface area contributed by atoms with Gasteiger partial charge in [0.2, 0.25) is 6.86 Å². The van der Waals surface area contributed by atoms with Crippen molar-refractivity contribution >= 4 is 31.9 Å². The van der Waals surface area contributed by atoms with Crippen LogP contribution in [0, 0.1) is 0 Å². The Bertz CT molecular complexity index is 324. The summed E-state index contributed by atoms with van der Waals surface area (Å²) in [6.45, 7) is -3.92. The van der Waals surface area contributed by atoms with E-state index in [1.807, 2.05) is 0 Å². The summed E-state index contributed by atoms with van der Waals surface area (Å²) in [5, 5.41) is 0. The molecule has 0 heterocycles. The number of hydrogen-bond acceptors (Lipinski definition) is 2. The molecule has 0 spiro atoms. The smallest absolute Gasteiger partial charge is 0.387 e. The first-order valence-corrected chi connectivity index (χ1v) is 5.25. The first-order chi connectivity index (χ1) is 7.04. The molecule has 0 atom stereocenters. The molecule has 1 aromatic carbocycles. The zero-order valence-electron chi connectivity index (χ0n) is 7.15. The molecule has 84 valence electrons. The van der Waals surface area contributed by atoms with Gasteiger partial charge < -0.3 is 9.47 Å². The van der Waals surface area contributed by atoms with Crippen molar-refractivity contribution in [3.63, 3.8) is 0 Å². The second-order valence-corrected chi connectivity index (χ2v) is 4.06. The summed E-state index contributed by atoms with van der Waals surface area (Å²) >= 11 is 6.01. The van der Waals surface area contributed by atoms with Crippen LogP contribution in [0.2, 0.25) is 0 Å². The van der Waals surface area contributed by atoms with Crippen LogP contribution in [0.3, 0.4) is 0 Å². The summed E-state index contributed by atoms with van der Waals surface area (Å²) in [4.78, 5) is 0. The predicted octanol–water partition coefficient (Wildman–Crippen LogP) is 4.12. The standard InChI is InChI=1S/C8H5Br2F3O2/c9-5-1-4(14-3-11)2-6(10)7(5)15-8(12)13/h1-2,8H,3H2. The molecule has 0 aliphatic carbocycles. The van der Waals surface area contributed by atoms with Crippen molar-refractivity contribution < 1.29 is 22.6 Å². The molecule has 0 aromatic heterocycles. The normalized spacial score (nSPS) is 10.5. The van der Waals surface area contributed by atoms with Crippen LogP contribution in [0.5, 0.6) is 11.5 Å². The Hall–Kier alpha value is -0.430. The molecule has 0 aliphatic rings. The molecule has 0 fully saturated rings. The van der Waals surface area contributed by atoms with Crippen LogP contribution in [0.25, 0.3) is 0 Å². The van der Waals surface area contributed by atoms with Gasteiger partial charge >= 0.3 is 6.61 Å². The van der Waals surface area contributed by atoms with E-state index in [-0.39, 0.29) is 20.4 Å². The Morgan fingerprint density at radius 2 is 1.73 bits per heavy atom. The zero-order chi connectivity index (χ0) is 11.4. The zero-order valence-corrected chi connectivity index (χ0v) is 10.3. The molecule has 0 aliphatic heterocycles. The lowest BCUT2D eigenvalue weighted by atomic mass is 10.3. The molecule has 0 amide bonds. The average Bonchev–Trinajstić information content (AvgIpc) is 2.11.